The van der Waals surface area contributed by atoms with Crippen LogP contribution in [-0.4, -0.2) is 55.2 Å². The fourth-order valence-electron chi connectivity index (χ4n) is 3.35. The van der Waals surface area contributed by atoms with Gasteiger partial charge >= 0.3 is 0 Å². The van der Waals surface area contributed by atoms with Crippen molar-refractivity contribution in [3.05, 3.63) is 50.4 Å². The summed E-state index contributed by atoms with van der Waals surface area (Å²) < 4.78 is 5.54. The van der Waals surface area contributed by atoms with Gasteiger partial charge < -0.3 is 15.4 Å². The van der Waals surface area contributed by atoms with Crippen LogP contribution >= 0.6 is 22.9 Å². The van der Waals surface area contributed by atoms with Crippen LogP contribution in [0.2, 0.25) is 5.02 Å². The zero-order valence-electron chi connectivity index (χ0n) is 17.4. The van der Waals surface area contributed by atoms with E-state index in [2.05, 4.69) is 46.5 Å². The zero-order chi connectivity index (χ0) is 20.6. The summed E-state index contributed by atoms with van der Waals surface area (Å²) in [6.07, 6.45) is 0. The second-order valence-electron chi connectivity index (χ2n) is 7.04. The second kappa shape index (κ2) is 10.9. The van der Waals surface area contributed by atoms with Crippen molar-refractivity contribution in [1.82, 2.24) is 20.5 Å². The summed E-state index contributed by atoms with van der Waals surface area (Å²) in [6, 6.07) is 8.31. The quantitative estimate of drug-likeness (QED) is 0.514. The van der Waals surface area contributed by atoms with Crippen LogP contribution < -0.4 is 10.6 Å². The van der Waals surface area contributed by atoms with Crippen LogP contribution in [0.5, 0.6) is 0 Å². The van der Waals surface area contributed by atoms with E-state index < -0.39 is 0 Å². The molecule has 1 aromatic heterocycles. The molecule has 1 fully saturated rings. The van der Waals surface area contributed by atoms with Gasteiger partial charge in [-0.1, -0.05) is 23.7 Å². The van der Waals surface area contributed by atoms with Gasteiger partial charge in [0.2, 0.25) is 0 Å². The normalized spacial score (nSPS) is 16.6. The van der Waals surface area contributed by atoms with Gasteiger partial charge in [0.15, 0.2) is 5.96 Å². The Labute approximate surface area is 182 Å². The molecule has 2 aromatic rings. The molecule has 3 rings (SSSR count). The topological polar surface area (TPSA) is 61.8 Å². The standard InChI is InChI=1S/C21H30ClN5OS/c1-4-23-21(25-14-20-26-15(2)16(3)29-20)24-13-19(27-8-10-28-11-9-27)17-6-5-7-18(22)12-17/h5-7,12,19H,4,8-11,13-14H2,1-3H3,(H2,23,24,25). The number of nitrogens with zero attached hydrogens (tertiary/aromatic N) is 3. The van der Waals surface area contributed by atoms with E-state index in [0.29, 0.717) is 6.54 Å². The van der Waals surface area contributed by atoms with E-state index in [9.17, 15) is 0 Å². The zero-order valence-corrected chi connectivity index (χ0v) is 18.9. The van der Waals surface area contributed by atoms with Crippen LogP contribution in [0.3, 0.4) is 0 Å². The van der Waals surface area contributed by atoms with E-state index in [4.69, 9.17) is 21.3 Å². The number of morpholine rings is 1. The van der Waals surface area contributed by atoms with Crippen molar-refractivity contribution in [3.8, 4) is 0 Å². The molecule has 2 heterocycles. The van der Waals surface area contributed by atoms with Crippen LogP contribution in [-0.2, 0) is 11.3 Å². The summed E-state index contributed by atoms with van der Waals surface area (Å²) in [5, 5.41) is 8.66. The first-order chi connectivity index (χ1) is 14.1. The number of thiazole rings is 1. The molecular weight excluding hydrogens is 406 g/mol. The van der Waals surface area contributed by atoms with Crippen LogP contribution in [0.1, 0.15) is 34.1 Å². The number of hydrogen-bond acceptors (Lipinski definition) is 5. The highest BCUT2D eigenvalue weighted by molar-refractivity contribution is 7.11. The van der Waals surface area contributed by atoms with Gasteiger partial charge in [-0.2, -0.15) is 0 Å². The second-order valence-corrected chi connectivity index (χ2v) is 8.77. The fraction of sp³-hybridized carbons (Fsp3) is 0.524. The molecular formula is C21H30ClN5OS. The molecule has 29 heavy (non-hydrogen) atoms. The van der Waals surface area contributed by atoms with E-state index in [1.807, 2.05) is 19.1 Å². The molecule has 2 N–H and O–H groups in total. The van der Waals surface area contributed by atoms with E-state index in [-0.39, 0.29) is 6.04 Å². The Morgan fingerprint density at radius 2 is 2.10 bits per heavy atom. The molecule has 1 aliphatic rings. The molecule has 1 unspecified atom stereocenters. The number of benzene rings is 1. The Morgan fingerprint density at radius 1 is 1.31 bits per heavy atom. The van der Waals surface area contributed by atoms with Crippen LogP contribution in [0.25, 0.3) is 0 Å². The van der Waals surface area contributed by atoms with Gasteiger partial charge in [-0.3, -0.25) is 4.90 Å². The molecule has 1 atom stereocenters. The molecule has 0 saturated carbocycles. The molecule has 1 aliphatic heterocycles. The van der Waals surface area contributed by atoms with Gasteiger partial charge in [0, 0.05) is 36.1 Å². The van der Waals surface area contributed by atoms with Gasteiger partial charge in [0.1, 0.15) is 5.01 Å². The van der Waals surface area contributed by atoms with Crippen molar-refractivity contribution in [2.75, 3.05) is 39.4 Å². The Kier molecular flexibility index (Phi) is 8.29. The SMILES string of the molecule is CCNC(=NCc1nc(C)c(C)s1)NCC(c1cccc(Cl)c1)N1CCOCC1. The van der Waals surface area contributed by atoms with Crippen molar-refractivity contribution >= 4 is 28.9 Å². The maximum absolute atomic E-state index is 6.27. The maximum Gasteiger partial charge on any atom is 0.191 e. The first kappa shape index (κ1) is 22.0. The molecule has 8 heteroatoms. The van der Waals surface area contributed by atoms with Crippen molar-refractivity contribution in [2.45, 2.75) is 33.4 Å². The van der Waals surface area contributed by atoms with Crippen molar-refractivity contribution in [1.29, 1.82) is 0 Å². The molecule has 0 radical (unpaired) electrons. The van der Waals surface area contributed by atoms with Crippen molar-refractivity contribution < 1.29 is 4.74 Å². The minimum absolute atomic E-state index is 0.200. The van der Waals surface area contributed by atoms with Crippen LogP contribution in [0.15, 0.2) is 29.3 Å². The summed E-state index contributed by atoms with van der Waals surface area (Å²) in [5.74, 6) is 0.804. The molecule has 0 spiro atoms. The molecule has 0 bridgehead atoms. The highest BCUT2D eigenvalue weighted by Crippen LogP contribution is 2.24. The van der Waals surface area contributed by atoms with Gasteiger partial charge in [-0.05, 0) is 38.5 Å². The molecule has 158 valence electrons. The number of ether oxygens (including phenoxy) is 1. The third-order valence-electron chi connectivity index (χ3n) is 4.97. The molecule has 6 nitrogen and oxygen atoms in total. The van der Waals surface area contributed by atoms with E-state index in [1.54, 1.807) is 11.3 Å². The van der Waals surface area contributed by atoms with Crippen molar-refractivity contribution in [3.63, 3.8) is 0 Å². The number of nitrogens with one attached hydrogen (secondary N) is 2. The Hall–Kier alpha value is -1.67. The summed E-state index contributed by atoms with van der Waals surface area (Å²) >= 11 is 7.98. The summed E-state index contributed by atoms with van der Waals surface area (Å²) in [6.45, 7) is 11.7. The number of aryl methyl sites for hydroxylation is 2. The summed E-state index contributed by atoms with van der Waals surface area (Å²) in [4.78, 5) is 13.0. The molecule has 0 aliphatic carbocycles. The number of halogens is 1. The number of aliphatic imine (C=N–C) groups is 1. The lowest BCUT2D eigenvalue weighted by molar-refractivity contribution is 0.0170. The third-order valence-corrected chi connectivity index (χ3v) is 6.26. The van der Waals surface area contributed by atoms with Gasteiger partial charge in [-0.25, -0.2) is 9.98 Å². The Morgan fingerprint density at radius 3 is 2.76 bits per heavy atom. The van der Waals surface area contributed by atoms with Crippen LogP contribution in [0.4, 0.5) is 0 Å². The number of aromatic nitrogens is 1. The van der Waals surface area contributed by atoms with Gasteiger partial charge in [0.25, 0.3) is 0 Å². The third kappa shape index (κ3) is 6.40. The fourth-order valence-corrected chi connectivity index (χ4v) is 4.41. The maximum atomic E-state index is 6.27. The minimum Gasteiger partial charge on any atom is -0.379 e. The first-order valence-corrected chi connectivity index (χ1v) is 11.3. The lowest BCUT2D eigenvalue weighted by Gasteiger charge is -2.35. The number of hydrogen-bond donors (Lipinski definition) is 2. The largest absolute Gasteiger partial charge is 0.379 e. The minimum atomic E-state index is 0.200. The van der Waals surface area contributed by atoms with Gasteiger partial charge in [-0.15, -0.1) is 11.3 Å². The smallest absolute Gasteiger partial charge is 0.191 e. The number of rotatable bonds is 7. The highest BCUT2D eigenvalue weighted by atomic mass is 35.5. The number of guanidine groups is 1. The Bertz CT molecular complexity index is 800. The first-order valence-electron chi connectivity index (χ1n) is 10.1. The van der Waals surface area contributed by atoms with E-state index in [0.717, 1.165) is 61.1 Å². The van der Waals surface area contributed by atoms with E-state index in [1.165, 1.54) is 10.4 Å². The monoisotopic (exact) mass is 435 g/mol. The molecule has 1 saturated heterocycles. The van der Waals surface area contributed by atoms with Crippen molar-refractivity contribution in [2.24, 2.45) is 4.99 Å². The van der Waals surface area contributed by atoms with E-state index >= 15 is 0 Å². The lowest BCUT2D eigenvalue weighted by atomic mass is 10.0. The average molecular weight is 436 g/mol. The summed E-state index contributed by atoms with van der Waals surface area (Å²) in [5.41, 5.74) is 2.29. The molecule has 1 aromatic carbocycles. The highest BCUT2D eigenvalue weighted by Gasteiger charge is 2.23. The predicted octanol–water partition coefficient (Wildman–Crippen LogP) is 3.54. The summed E-state index contributed by atoms with van der Waals surface area (Å²) in [7, 11) is 0. The van der Waals surface area contributed by atoms with Crippen LogP contribution in [0, 0.1) is 13.8 Å². The Balaban J connectivity index is 1.71. The lowest BCUT2D eigenvalue weighted by Crippen LogP contribution is -2.46. The predicted molar refractivity (Wildman–Crippen MR) is 121 cm³/mol. The molecule has 0 amide bonds. The van der Waals surface area contributed by atoms with Gasteiger partial charge in [0.05, 0.1) is 31.5 Å². The average Bonchev–Trinajstić information content (AvgIpc) is 3.04.